The van der Waals surface area contributed by atoms with Crippen molar-refractivity contribution in [2.75, 3.05) is 23.4 Å². The summed E-state index contributed by atoms with van der Waals surface area (Å²) in [5, 5.41) is 13.8. The predicted molar refractivity (Wildman–Crippen MR) is 112 cm³/mol. The molecule has 0 saturated heterocycles. The molecule has 1 aliphatic heterocycles. The van der Waals surface area contributed by atoms with Gasteiger partial charge in [-0.1, -0.05) is 45.4 Å². The van der Waals surface area contributed by atoms with Crippen LogP contribution in [-0.4, -0.2) is 34.3 Å². The summed E-state index contributed by atoms with van der Waals surface area (Å²) in [4.78, 5) is 11.7. The van der Waals surface area contributed by atoms with Gasteiger partial charge in [0.1, 0.15) is 5.82 Å². The van der Waals surface area contributed by atoms with E-state index in [4.69, 9.17) is 16.6 Å². The van der Waals surface area contributed by atoms with E-state index in [0.717, 1.165) is 36.0 Å². The molecule has 2 N–H and O–H groups in total. The number of halogens is 1. The number of rotatable bonds is 6. The number of aromatic nitrogens is 2. The van der Waals surface area contributed by atoms with Gasteiger partial charge in [-0.2, -0.15) is 4.98 Å². The molecule has 0 saturated carbocycles. The topological polar surface area (TPSA) is 61.3 Å². The van der Waals surface area contributed by atoms with Gasteiger partial charge in [0, 0.05) is 24.2 Å². The minimum atomic E-state index is -0.0653. The lowest BCUT2D eigenvalue weighted by Crippen LogP contribution is -2.33. The van der Waals surface area contributed by atoms with E-state index in [9.17, 15) is 5.11 Å². The van der Waals surface area contributed by atoms with E-state index < -0.39 is 0 Å². The number of aliphatic hydroxyl groups excluding tert-OH is 1. The monoisotopic (exact) mass is 388 g/mol. The van der Waals surface area contributed by atoms with Gasteiger partial charge in [0.25, 0.3) is 0 Å². The molecule has 0 unspecified atom stereocenters. The quantitative estimate of drug-likeness (QED) is 0.774. The summed E-state index contributed by atoms with van der Waals surface area (Å²) < 4.78 is 0. The molecule has 1 aromatic carbocycles. The molecule has 0 spiro atoms. The predicted octanol–water partition coefficient (Wildman–Crippen LogP) is 4.24. The molecule has 1 atom stereocenters. The lowest BCUT2D eigenvalue weighted by molar-refractivity contribution is 0.248. The van der Waals surface area contributed by atoms with Crippen molar-refractivity contribution < 1.29 is 5.11 Å². The Bertz CT molecular complexity index is 794. The first kappa shape index (κ1) is 19.9. The highest BCUT2D eigenvalue weighted by atomic mass is 35.5. The maximum atomic E-state index is 9.65. The van der Waals surface area contributed by atoms with Gasteiger partial charge < -0.3 is 15.3 Å². The Balaban J connectivity index is 1.89. The summed E-state index contributed by atoms with van der Waals surface area (Å²) in [6, 6.07) is 8.14. The molecule has 0 fully saturated rings. The van der Waals surface area contributed by atoms with Gasteiger partial charge in [0.05, 0.1) is 18.3 Å². The lowest BCUT2D eigenvalue weighted by Gasteiger charge is -2.31. The minimum absolute atomic E-state index is 0.0557. The van der Waals surface area contributed by atoms with Gasteiger partial charge in [-0.25, -0.2) is 4.98 Å². The maximum absolute atomic E-state index is 9.65. The van der Waals surface area contributed by atoms with Gasteiger partial charge >= 0.3 is 0 Å². The van der Waals surface area contributed by atoms with Crippen molar-refractivity contribution >= 4 is 23.4 Å². The van der Waals surface area contributed by atoms with Crippen LogP contribution in [0.4, 0.5) is 11.8 Å². The molecule has 6 heteroatoms. The molecule has 0 aliphatic carbocycles. The Kier molecular flexibility index (Phi) is 6.22. The molecule has 2 heterocycles. The van der Waals surface area contributed by atoms with E-state index in [2.05, 4.69) is 61.1 Å². The number of nitrogens with one attached hydrogen (secondary N) is 1. The van der Waals surface area contributed by atoms with Crippen molar-refractivity contribution in [2.24, 2.45) is 5.92 Å². The number of hydrogen-bond donors (Lipinski definition) is 2. The lowest BCUT2D eigenvalue weighted by atomic mass is 10.00. The molecule has 1 aliphatic rings. The normalized spacial score (nSPS) is 15.2. The molecule has 0 radical (unpaired) electrons. The zero-order valence-electron chi connectivity index (χ0n) is 16.5. The molecule has 1 aromatic heterocycles. The third-order valence-corrected chi connectivity index (χ3v) is 5.38. The van der Waals surface area contributed by atoms with Crippen LogP contribution in [0.1, 0.15) is 50.4 Å². The van der Waals surface area contributed by atoms with Crippen LogP contribution in [0.2, 0.25) is 5.02 Å². The van der Waals surface area contributed by atoms with Gasteiger partial charge in [-0.15, -0.1) is 0 Å². The number of fused-ring (bicyclic) bond motifs is 1. The minimum Gasteiger partial charge on any atom is -0.394 e. The first-order valence-corrected chi connectivity index (χ1v) is 10.0. The van der Waals surface area contributed by atoms with Gasteiger partial charge in [0.2, 0.25) is 5.95 Å². The zero-order chi connectivity index (χ0) is 19.6. The Morgan fingerprint density at radius 3 is 2.59 bits per heavy atom. The fourth-order valence-electron chi connectivity index (χ4n) is 3.28. The molecule has 0 bridgehead atoms. The van der Waals surface area contributed by atoms with Crippen LogP contribution in [0.5, 0.6) is 0 Å². The Hall–Kier alpha value is -1.85. The van der Waals surface area contributed by atoms with E-state index in [1.165, 1.54) is 11.1 Å². The second-order valence-electron chi connectivity index (χ2n) is 7.89. The zero-order valence-corrected chi connectivity index (χ0v) is 17.3. The molecule has 2 aromatic rings. The van der Waals surface area contributed by atoms with Crippen LogP contribution < -0.4 is 10.2 Å². The van der Waals surface area contributed by atoms with Crippen LogP contribution >= 0.6 is 11.6 Å². The Labute approximate surface area is 166 Å². The summed E-state index contributed by atoms with van der Waals surface area (Å²) in [5.74, 6) is 2.11. The largest absolute Gasteiger partial charge is 0.394 e. The number of benzene rings is 1. The van der Waals surface area contributed by atoms with Crippen molar-refractivity contribution in [3.05, 3.63) is 46.1 Å². The van der Waals surface area contributed by atoms with Gasteiger partial charge in [0.15, 0.2) is 0 Å². The van der Waals surface area contributed by atoms with Crippen molar-refractivity contribution in [3.63, 3.8) is 0 Å². The highest BCUT2D eigenvalue weighted by Crippen LogP contribution is 2.28. The van der Waals surface area contributed by atoms with E-state index in [-0.39, 0.29) is 18.6 Å². The van der Waals surface area contributed by atoms with E-state index in [1.807, 2.05) is 6.07 Å². The average Bonchev–Trinajstić information content (AvgIpc) is 2.65. The van der Waals surface area contributed by atoms with Crippen molar-refractivity contribution in [3.8, 4) is 0 Å². The first-order chi connectivity index (χ1) is 12.9. The Morgan fingerprint density at radius 1 is 1.15 bits per heavy atom. The van der Waals surface area contributed by atoms with Crippen LogP contribution in [0.15, 0.2) is 24.3 Å². The summed E-state index contributed by atoms with van der Waals surface area (Å²) >= 11 is 6.13. The second-order valence-corrected chi connectivity index (χ2v) is 8.33. The third-order valence-electron chi connectivity index (χ3n) is 5.14. The van der Waals surface area contributed by atoms with Gasteiger partial charge in [-0.3, -0.25) is 0 Å². The highest BCUT2D eigenvalue weighted by Gasteiger charge is 2.21. The summed E-state index contributed by atoms with van der Waals surface area (Å²) in [7, 11) is 0. The molecule has 27 heavy (non-hydrogen) atoms. The van der Waals surface area contributed by atoms with Crippen LogP contribution in [0, 0.1) is 5.92 Å². The van der Waals surface area contributed by atoms with Crippen molar-refractivity contribution in [1.29, 1.82) is 0 Å². The summed E-state index contributed by atoms with van der Waals surface area (Å²) in [6.45, 7) is 10.2. The summed E-state index contributed by atoms with van der Waals surface area (Å²) in [5.41, 5.74) is 3.61. The molecule has 146 valence electrons. The van der Waals surface area contributed by atoms with E-state index in [0.29, 0.717) is 11.9 Å². The molecule has 0 amide bonds. The van der Waals surface area contributed by atoms with Crippen LogP contribution in [0.25, 0.3) is 0 Å². The van der Waals surface area contributed by atoms with Gasteiger partial charge in [-0.05, 0) is 41.5 Å². The molecule has 3 rings (SSSR count). The Morgan fingerprint density at radius 2 is 1.93 bits per heavy atom. The van der Waals surface area contributed by atoms with Crippen molar-refractivity contribution in [2.45, 2.75) is 52.6 Å². The molecular weight excluding hydrogens is 360 g/mol. The molecular formula is C21H29ClN4O. The van der Waals surface area contributed by atoms with E-state index >= 15 is 0 Å². The van der Waals surface area contributed by atoms with Crippen LogP contribution in [0.3, 0.4) is 0 Å². The first-order valence-electron chi connectivity index (χ1n) is 9.66. The second kappa shape index (κ2) is 8.44. The van der Waals surface area contributed by atoms with Crippen molar-refractivity contribution in [1.82, 2.24) is 9.97 Å². The fourth-order valence-corrected chi connectivity index (χ4v) is 3.48. The number of anilines is 2. The number of nitrogens with zero attached hydrogens (tertiary/aromatic N) is 3. The molecule has 5 nitrogen and oxygen atoms in total. The number of hydrogen-bond acceptors (Lipinski definition) is 5. The SMILES string of the molecule is CC(C)c1cc(N2CCc3cc(Cl)ccc3C2)nc(N[C@@H](CO)C(C)C)n1. The maximum Gasteiger partial charge on any atom is 0.225 e. The average molecular weight is 389 g/mol. The smallest absolute Gasteiger partial charge is 0.225 e. The van der Waals surface area contributed by atoms with Crippen LogP contribution in [-0.2, 0) is 13.0 Å². The summed E-state index contributed by atoms with van der Waals surface area (Å²) in [6.07, 6.45) is 0.949. The standard InChI is InChI=1S/C21H29ClN4O/c1-13(2)18-10-20(25-21(23-18)24-19(12-27)14(3)4)26-8-7-15-9-17(22)6-5-16(15)11-26/h5-6,9-10,13-14,19,27H,7-8,11-12H2,1-4H3,(H,23,24,25)/t19-/m0/s1. The fraction of sp³-hybridized carbons (Fsp3) is 0.524. The number of aliphatic hydroxyl groups is 1. The third kappa shape index (κ3) is 4.71. The highest BCUT2D eigenvalue weighted by molar-refractivity contribution is 6.30. The van der Waals surface area contributed by atoms with E-state index in [1.54, 1.807) is 0 Å².